The van der Waals surface area contributed by atoms with Gasteiger partial charge >= 0.3 is 11.9 Å². The van der Waals surface area contributed by atoms with E-state index in [1.165, 1.54) is 11.1 Å². The van der Waals surface area contributed by atoms with Gasteiger partial charge in [-0.2, -0.15) is 0 Å². The van der Waals surface area contributed by atoms with Crippen LogP contribution in [0.4, 0.5) is 0 Å². The zero-order valence-corrected chi connectivity index (χ0v) is 36.9. The number of carbonyl (C=O) groups is 3. The van der Waals surface area contributed by atoms with Crippen LogP contribution in [0.15, 0.2) is 28.7 Å². The summed E-state index contributed by atoms with van der Waals surface area (Å²) in [5, 5.41) is 0. The fraction of sp³-hybridized carbons (Fsp3) is 0.750. The van der Waals surface area contributed by atoms with Gasteiger partial charge in [0.05, 0.1) is 27.7 Å². The van der Waals surface area contributed by atoms with Crippen molar-refractivity contribution in [1.82, 2.24) is 0 Å². The second-order valence-electron chi connectivity index (χ2n) is 16.0. The number of ketones is 1. The predicted octanol–water partition coefficient (Wildman–Crippen LogP) is 9.78. The van der Waals surface area contributed by atoms with E-state index < -0.39 is 32.5 Å². The fourth-order valence-electron chi connectivity index (χ4n) is 5.98. The SMILES string of the molecule is CCCCCC(=O)/C=C/C=C\CCCCCCCC(=O)OC[C@H](COP(=O)([O-])OCC[N+](C)(C)C)OC(=O)CCCCCCCCc1oc(CCC)c(C)c1C. The van der Waals surface area contributed by atoms with Crippen LogP contribution in [0, 0.1) is 13.8 Å². The number of phosphoric acid groups is 1. The highest BCUT2D eigenvalue weighted by atomic mass is 31.2. The van der Waals surface area contributed by atoms with E-state index >= 15 is 0 Å². The summed E-state index contributed by atoms with van der Waals surface area (Å²) < 4.78 is 39.9. The average molecular weight is 810 g/mol. The average Bonchev–Trinajstić information content (AvgIpc) is 3.40. The van der Waals surface area contributed by atoms with Crippen LogP contribution in [0.1, 0.15) is 158 Å². The van der Waals surface area contributed by atoms with Gasteiger partial charge in [0, 0.05) is 32.1 Å². The molecule has 12 heteroatoms. The summed E-state index contributed by atoms with van der Waals surface area (Å²) in [4.78, 5) is 49.4. The third-order valence-electron chi connectivity index (χ3n) is 9.62. The van der Waals surface area contributed by atoms with Crippen LogP contribution in [0.2, 0.25) is 0 Å². The number of ether oxygens (including phenoxy) is 2. The lowest BCUT2D eigenvalue weighted by molar-refractivity contribution is -0.870. The molecule has 11 nitrogen and oxygen atoms in total. The minimum Gasteiger partial charge on any atom is -0.756 e. The number of esters is 2. The molecule has 0 bridgehead atoms. The second kappa shape index (κ2) is 30.5. The normalized spacial score (nSPS) is 13.7. The zero-order chi connectivity index (χ0) is 41.7. The molecule has 0 N–H and O–H groups in total. The number of hydrogen-bond acceptors (Lipinski definition) is 10. The Morgan fingerprint density at radius 3 is 1.95 bits per heavy atom. The Morgan fingerprint density at radius 1 is 0.714 bits per heavy atom. The van der Waals surface area contributed by atoms with Crippen molar-refractivity contribution in [2.24, 2.45) is 0 Å². The van der Waals surface area contributed by atoms with Crippen LogP contribution in [0.5, 0.6) is 0 Å². The molecule has 322 valence electrons. The van der Waals surface area contributed by atoms with Gasteiger partial charge in [-0.1, -0.05) is 89.9 Å². The highest BCUT2D eigenvalue weighted by Gasteiger charge is 2.22. The summed E-state index contributed by atoms with van der Waals surface area (Å²) in [6.07, 6.45) is 24.7. The number of likely N-dealkylation sites (N-methyl/N-ethyl adjacent to an activating group) is 1. The molecule has 56 heavy (non-hydrogen) atoms. The van der Waals surface area contributed by atoms with Crippen LogP contribution < -0.4 is 4.89 Å². The number of carbonyl (C=O) groups excluding carboxylic acids is 3. The van der Waals surface area contributed by atoms with Gasteiger partial charge < -0.3 is 32.3 Å². The molecular weight excluding hydrogens is 733 g/mol. The summed E-state index contributed by atoms with van der Waals surface area (Å²) in [7, 11) is 1.08. The number of rotatable bonds is 35. The summed E-state index contributed by atoms with van der Waals surface area (Å²) in [6.45, 7) is 8.15. The lowest BCUT2D eigenvalue weighted by atomic mass is 10.0. The smallest absolute Gasteiger partial charge is 0.306 e. The number of quaternary nitrogens is 1. The number of aryl methyl sites for hydroxylation is 2. The molecule has 0 saturated carbocycles. The van der Waals surface area contributed by atoms with Gasteiger partial charge in [-0.3, -0.25) is 18.9 Å². The Hall–Kier alpha value is -2.56. The van der Waals surface area contributed by atoms with Crippen molar-refractivity contribution in [1.29, 1.82) is 0 Å². The number of nitrogens with zero attached hydrogens (tertiary/aromatic N) is 1. The van der Waals surface area contributed by atoms with Crippen LogP contribution in [0.3, 0.4) is 0 Å². The Morgan fingerprint density at radius 2 is 1.30 bits per heavy atom. The van der Waals surface area contributed by atoms with Gasteiger partial charge in [-0.25, -0.2) is 0 Å². The van der Waals surface area contributed by atoms with E-state index in [2.05, 4.69) is 33.8 Å². The first-order chi connectivity index (χ1) is 26.7. The quantitative estimate of drug-likeness (QED) is 0.0162. The number of hydrogen-bond donors (Lipinski definition) is 0. The Labute approximate surface area is 339 Å². The minimum absolute atomic E-state index is 0.0543. The highest BCUT2D eigenvalue weighted by molar-refractivity contribution is 7.45. The number of phosphoric ester groups is 1. The van der Waals surface area contributed by atoms with Gasteiger partial charge in [0.2, 0.25) is 0 Å². The van der Waals surface area contributed by atoms with Crippen LogP contribution in [-0.2, 0) is 50.3 Å². The van der Waals surface area contributed by atoms with Crippen molar-refractivity contribution in [2.75, 3.05) is 47.5 Å². The van der Waals surface area contributed by atoms with Gasteiger partial charge in [0.1, 0.15) is 31.3 Å². The summed E-state index contributed by atoms with van der Waals surface area (Å²) >= 11 is 0. The third-order valence-corrected chi connectivity index (χ3v) is 10.6. The van der Waals surface area contributed by atoms with Gasteiger partial charge in [0.25, 0.3) is 7.82 Å². The van der Waals surface area contributed by atoms with Crippen molar-refractivity contribution < 1.29 is 51.3 Å². The first-order valence-electron chi connectivity index (χ1n) is 21.4. The summed E-state index contributed by atoms with van der Waals surface area (Å²) in [5.74, 6) is 1.46. The lowest BCUT2D eigenvalue weighted by Gasteiger charge is -2.28. The van der Waals surface area contributed by atoms with Crippen molar-refractivity contribution in [2.45, 2.75) is 169 Å². The van der Waals surface area contributed by atoms with E-state index in [-0.39, 0.29) is 31.8 Å². The summed E-state index contributed by atoms with van der Waals surface area (Å²) in [5.41, 5.74) is 2.55. The standard InChI is InChI=1S/C44H76NO10P/c1-8-10-22-28-39(46)29-23-18-14-12-11-13-15-20-25-31-43(47)51-35-40(36-53-56(49,50)52-34-33-45(5,6)7)54-44(48)32-26-21-17-16-19-24-30-42-38(4)37(3)41(55-42)27-9-2/h14,18,23,29,40H,8-13,15-17,19-22,24-28,30-36H2,1-7H3/b18-14-,29-23+/t40-/m1/s1. The maximum absolute atomic E-state index is 12.7. The molecule has 0 radical (unpaired) electrons. The van der Waals surface area contributed by atoms with E-state index in [9.17, 15) is 23.8 Å². The predicted molar refractivity (Wildman–Crippen MR) is 221 cm³/mol. The van der Waals surface area contributed by atoms with Crippen molar-refractivity contribution in [3.8, 4) is 0 Å². The van der Waals surface area contributed by atoms with Crippen molar-refractivity contribution >= 4 is 25.5 Å². The molecule has 0 saturated heterocycles. The molecule has 1 heterocycles. The van der Waals surface area contributed by atoms with E-state index in [4.69, 9.17) is 22.9 Å². The van der Waals surface area contributed by atoms with E-state index in [0.717, 1.165) is 114 Å². The fourth-order valence-corrected chi connectivity index (χ4v) is 6.70. The lowest BCUT2D eigenvalue weighted by Crippen LogP contribution is -2.37. The first-order valence-corrected chi connectivity index (χ1v) is 22.8. The molecule has 0 aliphatic heterocycles. The van der Waals surface area contributed by atoms with E-state index in [1.807, 2.05) is 33.3 Å². The molecule has 0 aromatic carbocycles. The van der Waals surface area contributed by atoms with Crippen molar-refractivity contribution in [3.05, 3.63) is 47.0 Å². The molecule has 0 aliphatic rings. The van der Waals surface area contributed by atoms with Crippen LogP contribution in [-0.4, -0.2) is 75.8 Å². The molecule has 1 unspecified atom stereocenters. The molecule has 0 amide bonds. The second-order valence-corrected chi connectivity index (χ2v) is 17.4. The Balaban J connectivity index is 2.40. The maximum atomic E-state index is 12.7. The van der Waals surface area contributed by atoms with E-state index in [0.29, 0.717) is 30.3 Å². The zero-order valence-electron chi connectivity index (χ0n) is 36.0. The first kappa shape index (κ1) is 51.5. The molecule has 1 aromatic heterocycles. The molecule has 2 atom stereocenters. The van der Waals surface area contributed by atoms with Gasteiger partial charge in [-0.15, -0.1) is 0 Å². The molecular formula is C44H76NO10P. The van der Waals surface area contributed by atoms with Crippen molar-refractivity contribution in [3.63, 3.8) is 0 Å². The van der Waals surface area contributed by atoms with E-state index in [1.54, 1.807) is 6.08 Å². The van der Waals surface area contributed by atoms with Crippen LogP contribution >= 0.6 is 7.82 Å². The van der Waals surface area contributed by atoms with Gasteiger partial charge in [0.15, 0.2) is 11.9 Å². The molecule has 0 spiro atoms. The largest absolute Gasteiger partial charge is 0.756 e. The van der Waals surface area contributed by atoms with Crippen LogP contribution in [0.25, 0.3) is 0 Å². The number of unbranched alkanes of at least 4 members (excludes halogenated alkanes) is 12. The third kappa shape index (κ3) is 27.1. The minimum atomic E-state index is -4.66. The number of furan rings is 1. The van der Waals surface area contributed by atoms with Gasteiger partial charge in [-0.05, 0) is 76.0 Å². The molecule has 1 rings (SSSR count). The molecule has 1 aromatic rings. The topological polar surface area (TPSA) is 141 Å². The molecule has 0 aliphatic carbocycles. The number of allylic oxidation sites excluding steroid dienone is 4. The monoisotopic (exact) mass is 810 g/mol. The Kier molecular flexibility index (Phi) is 28.0. The highest BCUT2D eigenvalue weighted by Crippen LogP contribution is 2.38. The maximum Gasteiger partial charge on any atom is 0.306 e. The Bertz CT molecular complexity index is 1350. The summed E-state index contributed by atoms with van der Waals surface area (Å²) in [6, 6.07) is 0. The molecule has 0 fully saturated rings.